The highest BCUT2D eigenvalue weighted by atomic mass is 16.1. The molecule has 0 aliphatic carbocycles. The Balaban J connectivity index is 3.01. The summed E-state index contributed by atoms with van der Waals surface area (Å²) in [4.78, 5) is 29.3. The number of hydrogen-bond donors (Lipinski definition) is 0. The van der Waals surface area contributed by atoms with Gasteiger partial charge in [-0.3, -0.25) is 4.79 Å². The topological polar surface area (TPSA) is 59.9 Å². The van der Waals surface area contributed by atoms with Gasteiger partial charge in [-0.2, -0.15) is 0 Å². The molecule has 1 heterocycles. The molecule has 0 fully saturated rings. The summed E-state index contributed by atoms with van der Waals surface area (Å²) in [5.41, 5.74) is 1.05. The molecule has 0 atom stereocenters. The Morgan fingerprint density at radius 1 is 1.54 bits per heavy atom. The van der Waals surface area contributed by atoms with Crippen LogP contribution in [0.25, 0.3) is 0 Å². The van der Waals surface area contributed by atoms with Crippen LogP contribution in [0.4, 0.5) is 0 Å². The number of aldehydes is 1. The second-order valence-corrected chi connectivity index (χ2v) is 2.71. The van der Waals surface area contributed by atoms with Crippen LogP contribution >= 0.6 is 0 Å². The van der Waals surface area contributed by atoms with E-state index in [4.69, 9.17) is 0 Å². The van der Waals surface area contributed by atoms with Crippen LogP contribution in [0.3, 0.4) is 0 Å². The van der Waals surface area contributed by atoms with Gasteiger partial charge in [0.15, 0.2) is 5.78 Å². The summed E-state index contributed by atoms with van der Waals surface area (Å²) in [6.07, 6.45) is 1.94. The van der Waals surface area contributed by atoms with Crippen molar-refractivity contribution in [2.24, 2.45) is 0 Å². The van der Waals surface area contributed by atoms with Crippen molar-refractivity contribution in [1.29, 1.82) is 0 Å². The monoisotopic (exact) mass is 178 g/mol. The van der Waals surface area contributed by atoms with Crippen molar-refractivity contribution in [3.8, 4) is 0 Å². The van der Waals surface area contributed by atoms with Crippen LogP contribution in [0.15, 0.2) is 6.20 Å². The number of carbonyl (C=O) groups excluding carboxylic acids is 2. The molecule has 0 saturated heterocycles. The highest BCUT2D eigenvalue weighted by Crippen LogP contribution is 2.05. The highest BCUT2D eigenvalue weighted by molar-refractivity contribution is 6.03. The molecule has 1 rings (SSSR count). The standard InChI is InChI=1S/C9H10N2O2/c1-6-8(9(13)3-4-12)5-10-7(2)11-6/h4-5H,3H2,1-2H3. The smallest absolute Gasteiger partial charge is 0.173 e. The molecule has 0 aliphatic heterocycles. The fourth-order valence-corrected chi connectivity index (χ4v) is 1.04. The van der Waals surface area contributed by atoms with E-state index in [0.29, 0.717) is 23.4 Å². The first kappa shape index (κ1) is 9.51. The lowest BCUT2D eigenvalue weighted by Crippen LogP contribution is -2.05. The number of Topliss-reactive ketones (excluding diaryl/α,β-unsaturated/α-hetero) is 1. The summed E-state index contributed by atoms with van der Waals surface area (Å²) < 4.78 is 0. The molecule has 0 spiro atoms. The van der Waals surface area contributed by atoms with Crippen molar-refractivity contribution in [2.75, 3.05) is 0 Å². The van der Waals surface area contributed by atoms with E-state index in [-0.39, 0.29) is 12.2 Å². The van der Waals surface area contributed by atoms with Crippen LogP contribution in [0.2, 0.25) is 0 Å². The Kier molecular flexibility index (Phi) is 2.84. The SMILES string of the molecule is Cc1ncc(C(=O)CC=O)c(C)n1. The van der Waals surface area contributed by atoms with Crippen LogP contribution in [0.5, 0.6) is 0 Å². The Hall–Kier alpha value is -1.58. The van der Waals surface area contributed by atoms with Crippen molar-refractivity contribution in [3.05, 3.63) is 23.3 Å². The number of aromatic nitrogens is 2. The first-order chi connectivity index (χ1) is 6.15. The molecule has 0 saturated carbocycles. The van der Waals surface area contributed by atoms with E-state index in [0.717, 1.165) is 0 Å². The minimum Gasteiger partial charge on any atom is -0.303 e. The molecule has 0 unspecified atom stereocenters. The zero-order valence-electron chi connectivity index (χ0n) is 7.57. The minimum absolute atomic E-state index is 0.104. The van der Waals surface area contributed by atoms with Gasteiger partial charge in [-0.05, 0) is 13.8 Å². The van der Waals surface area contributed by atoms with Gasteiger partial charge < -0.3 is 4.79 Å². The molecule has 1 aromatic rings. The Labute approximate surface area is 76.0 Å². The van der Waals surface area contributed by atoms with Crippen LogP contribution in [-0.4, -0.2) is 22.0 Å². The van der Waals surface area contributed by atoms with Gasteiger partial charge in [0, 0.05) is 6.20 Å². The van der Waals surface area contributed by atoms with E-state index in [9.17, 15) is 9.59 Å². The van der Waals surface area contributed by atoms with Crippen molar-refractivity contribution < 1.29 is 9.59 Å². The molecule has 0 aliphatic rings. The third-order valence-corrected chi connectivity index (χ3v) is 1.67. The number of aryl methyl sites for hydroxylation is 2. The van der Waals surface area contributed by atoms with E-state index >= 15 is 0 Å². The van der Waals surface area contributed by atoms with E-state index in [2.05, 4.69) is 9.97 Å². The predicted molar refractivity (Wildman–Crippen MR) is 46.5 cm³/mol. The van der Waals surface area contributed by atoms with Crippen LogP contribution < -0.4 is 0 Å². The van der Waals surface area contributed by atoms with Gasteiger partial charge in [0.2, 0.25) is 0 Å². The summed E-state index contributed by atoms with van der Waals surface area (Å²) in [7, 11) is 0. The van der Waals surface area contributed by atoms with E-state index in [1.165, 1.54) is 6.20 Å². The highest BCUT2D eigenvalue weighted by Gasteiger charge is 2.09. The largest absolute Gasteiger partial charge is 0.303 e. The normalized spacial score (nSPS) is 9.69. The second kappa shape index (κ2) is 3.89. The Bertz CT molecular complexity index is 347. The van der Waals surface area contributed by atoms with Gasteiger partial charge in [0.1, 0.15) is 12.1 Å². The van der Waals surface area contributed by atoms with Crippen molar-refractivity contribution >= 4 is 12.1 Å². The molecule has 13 heavy (non-hydrogen) atoms. The number of rotatable bonds is 3. The number of nitrogens with zero attached hydrogens (tertiary/aromatic N) is 2. The van der Waals surface area contributed by atoms with Gasteiger partial charge in [0.05, 0.1) is 17.7 Å². The summed E-state index contributed by atoms with van der Waals surface area (Å²) in [5, 5.41) is 0. The first-order valence-corrected chi connectivity index (χ1v) is 3.92. The van der Waals surface area contributed by atoms with Gasteiger partial charge in [-0.25, -0.2) is 9.97 Å². The van der Waals surface area contributed by atoms with Crippen molar-refractivity contribution in [3.63, 3.8) is 0 Å². The van der Waals surface area contributed by atoms with E-state index < -0.39 is 0 Å². The third kappa shape index (κ3) is 2.18. The molecular weight excluding hydrogens is 168 g/mol. The fraction of sp³-hybridized carbons (Fsp3) is 0.333. The van der Waals surface area contributed by atoms with Crippen LogP contribution in [-0.2, 0) is 4.79 Å². The quantitative estimate of drug-likeness (QED) is 0.391. The number of carbonyl (C=O) groups is 2. The lowest BCUT2D eigenvalue weighted by molar-refractivity contribution is -0.107. The van der Waals surface area contributed by atoms with Gasteiger partial charge >= 0.3 is 0 Å². The molecule has 0 bridgehead atoms. The van der Waals surface area contributed by atoms with Crippen molar-refractivity contribution in [2.45, 2.75) is 20.3 Å². The average molecular weight is 178 g/mol. The molecule has 0 amide bonds. The van der Waals surface area contributed by atoms with Crippen LogP contribution in [0, 0.1) is 13.8 Å². The Morgan fingerprint density at radius 2 is 2.23 bits per heavy atom. The molecule has 0 radical (unpaired) electrons. The molecule has 1 aromatic heterocycles. The second-order valence-electron chi connectivity index (χ2n) is 2.71. The molecule has 4 heteroatoms. The van der Waals surface area contributed by atoms with Crippen LogP contribution in [0.1, 0.15) is 28.3 Å². The van der Waals surface area contributed by atoms with E-state index in [1.54, 1.807) is 13.8 Å². The molecule has 4 nitrogen and oxygen atoms in total. The fourth-order valence-electron chi connectivity index (χ4n) is 1.04. The summed E-state index contributed by atoms with van der Waals surface area (Å²) >= 11 is 0. The number of hydrogen-bond acceptors (Lipinski definition) is 4. The predicted octanol–water partition coefficient (Wildman–Crippen LogP) is 0.865. The lowest BCUT2D eigenvalue weighted by atomic mass is 10.1. The lowest BCUT2D eigenvalue weighted by Gasteiger charge is -2.01. The van der Waals surface area contributed by atoms with E-state index in [1.807, 2.05) is 0 Å². The summed E-state index contributed by atoms with van der Waals surface area (Å²) in [5.74, 6) is 0.396. The zero-order chi connectivity index (χ0) is 9.84. The summed E-state index contributed by atoms with van der Waals surface area (Å²) in [6.45, 7) is 3.48. The minimum atomic E-state index is -0.229. The molecule has 0 N–H and O–H groups in total. The Morgan fingerprint density at radius 3 is 2.77 bits per heavy atom. The van der Waals surface area contributed by atoms with Gasteiger partial charge in [-0.15, -0.1) is 0 Å². The zero-order valence-corrected chi connectivity index (χ0v) is 7.57. The maximum absolute atomic E-state index is 11.3. The van der Waals surface area contributed by atoms with Gasteiger partial charge in [-0.1, -0.05) is 0 Å². The van der Waals surface area contributed by atoms with Gasteiger partial charge in [0.25, 0.3) is 0 Å². The third-order valence-electron chi connectivity index (χ3n) is 1.67. The number of ketones is 1. The average Bonchev–Trinajstić information content (AvgIpc) is 2.04. The maximum Gasteiger partial charge on any atom is 0.173 e. The molecular formula is C9H10N2O2. The maximum atomic E-state index is 11.3. The molecule has 0 aromatic carbocycles. The van der Waals surface area contributed by atoms with Crippen molar-refractivity contribution in [1.82, 2.24) is 9.97 Å². The molecule has 68 valence electrons. The first-order valence-electron chi connectivity index (χ1n) is 3.92. The summed E-state index contributed by atoms with van der Waals surface area (Å²) in [6, 6.07) is 0.